The van der Waals surface area contributed by atoms with Gasteiger partial charge in [0, 0.05) is 0 Å². The lowest BCUT2D eigenvalue weighted by Crippen LogP contribution is -2.14. The molecule has 4 nitrogen and oxygen atoms in total. The minimum absolute atomic E-state index is 0.0418. The number of rotatable bonds is 2. The number of aromatic nitrogens is 1. The maximum atomic E-state index is 12.8. The molecule has 92 valence electrons. The number of halogens is 2. The fourth-order valence-electron chi connectivity index (χ4n) is 1.34. The molecule has 6 heteroatoms. The first-order valence-corrected chi connectivity index (χ1v) is 5.04. The number of nitrogens with one attached hydrogen (secondary N) is 1. The van der Waals surface area contributed by atoms with Crippen molar-refractivity contribution in [3.05, 3.63) is 53.9 Å². The van der Waals surface area contributed by atoms with Gasteiger partial charge < -0.3 is 11.1 Å². The van der Waals surface area contributed by atoms with Crippen LogP contribution in [-0.4, -0.2) is 10.9 Å². The van der Waals surface area contributed by atoms with Gasteiger partial charge in [-0.1, -0.05) is 0 Å². The Balaban J connectivity index is 2.18. The molecule has 0 unspecified atom stereocenters. The van der Waals surface area contributed by atoms with Crippen molar-refractivity contribution in [3.63, 3.8) is 0 Å². The summed E-state index contributed by atoms with van der Waals surface area (Å²) in [6.07, 6.45) is 0.933. The normalized spacial score (nSPS) is 10.1. The Morgan fingerprint density at radius 1 is 1.17 bits per heavy atom. The molecule has 18 heavy (non-hydrogen) atoms. The van der Waals surface area contributed by atoms with E-state index in [9.17, 15) is 13.6 Å². The molecule has 0 radical (unpaired) electrons. The third-order valence-corrected chi connectivity index (χ3v) is 2.22. The molecular formula is C12H9F2N3O. The molecule has 3 N–H and O–H groups in total. The van der Waals surface area contributed by atoms with Crippen LogP contribution in [-0.2, 0) is 0 Å². The van der Waals surface area contributed by atoms with Gasteiger partial charge in [0.2, 0.25) is 0 Å². The molecular weight excluding hydrogens is 240 g/mol. The standard InChI is InChI=1S/C12H9F2N3O/c13-7-1-3-10(9(15)5-7)17-12(18)11-4-2-8(14)6-16-11/h1-6H,15H2,(H,17,18). The van der Waals surface area contributed by atoms with Gasteiger partial charge in [-0.05, 0) is 30.3 Å². The highest BCUT2D eigenvalue weighted by molar-refractivity contribution is 6.04. The van der Waals surface area contributed by atoms with Gasteiger partial charge in [0.05, 0.1) is 17.6 Å². The Hall–Kier alpha value is -2.50. The van der Waals surface area contributed by atoms with Crippen molar-refractivity contribution in [3.8, 4) is 0 Å². The number of nitrogen functional groups attached to an aromatic ring is 1. The summed E-state index contributed by atoms with van der Waals surface area (Å²) in [5, 5.41) is 2.46. The smallest absolute Gasteiger partial charge is 0.274 e. The van der Waals surface area contributed by atoms with E-state index in [-0.39, 0.29) is 17.1 Å². The van der Waals surface area contributed by atoms with Gasteiger partial charge in [0.15, 0.2) is 0 Å². The van der Waals surface area contributed by atoms with Crippen LogP contribution in [0.5, 0.6) is 0 Å². The van der Waals surface area contributed by atoms with E-state index < -0.39 is 17.5 Å². The molecule has 0 saturated carbocycles. The zero-order valence-electron chi connectivity index (χ0n) is 9.15. The fraction of sp³-hybridized carbons (Fsp3) is 0. The number of nitrogens with two attached hydrogens (primary N) is 1. The first-order chi connectivity index (χ1) is 8.56. The van der Waals surface area contributed by atoms with Crippen molar-refractivity contribution in [1.29, 1.82) is 0 Å². The van der Waals surface area contributed by atoms with Crippen LogP contribution in [0.2, 0.25) is 0 Å². The molecule has 1 heterocycles. The molecule has 0 aliphatic carbocycles. The zero-order chi connectivity index (χ0) is 13.1. The first-order valence-electron chi connectivity index (χ1n) is 5.04. The highest BCUT2D eigenvalue weighted by atomic mass is 19.1. The number of nitrogens with zero attached hydrogens (tertiary/aromatic N) is 1. The fourth-order valence-corrected chi connectivity index (χ4v) is 1.34. The highest BCUT2D eigenvalue weighted by Gasteiger charge is 2.09. The van der Waals surface area contributed by atoms with E-state index in [1.807, 2.05) is 0 Å². The summed E-state index contributed by atoms with van der Waals surface area (Å²) in [6, 6.07) is 5.96. The number of hydrogen-bond donors (Lipinski definition) is 2. The summed E-state index contributed by atoms with van der Waals surface area (Å²) in [5.74, 6) is -1.58. The molecule has 1 amide bonds. The van der Waals surface area contributed by atoms with Crippen LogP contribution in [0.3, 0.4) is 0 Å². The van der Waals surface area contributed by atoms with E-state index >= 15 is 0 Å². The van der Waals surface area contributed by atoms with Crippen molar-refractivity contribution in [2.45, 2.75) is 0 Å². The Bertz CT molecular complexity index is 584. The minimum atomic E-state index is -0.548. The molecule has 0 aliphatic rings. The lowest BCUT2D eigenvalue weighted by atomic mass is 10.2. The average Bonchev–Trinajstić information content (AvgIpc) is 2.33. The predicted octanol–water partition coefficient (Wildman–Crippen LogP) is 2.19. The largest absolute Gasteiger partial charge is 0.397 e. The van der Waals surface area contributed by atoms with Gasteiger partial charge in [-0.15, -0.1) is 0 Å². The molecule has 0 saturated heterocycles. The number of amides is 1. The summed E-state index contributed by atoms with van der Waals surface area (Å²) in [7, 11) is 0. The van der Waals surface area contributed by atoms with Crippen molar-refractivity contribution in [2.24, 2.45) is 0 Å². The molecule has 0 atom stereocenters. The minimum Gasteiger partial charge on any atom is -0.397 e. The molecule has 0 aliphatic heterocycles. The van der Waals surface area contributed by atoms with Crippen molar-refractivity contribution in [1.82, 2.24) is 4.98 Å². The highest BCUT2D eigenvalue weighted by Crippen LogP contribution is 2.19. The topological polar surface area (TPSA) is 68.0 Å². The van der Waals surface area contributed by atoms with Crippen LogP contribution in [0, 0.1) is 11.6 Å². The van der Waals surface area contributed by atoms with E-state index in [2.05, 4.69) is 10.3 Å². The zero-order valence-corrected chi connectivity index (χ0v) is 9.15. The summed E-state index contributed by atoms with van der Waals surface area (Å²) >= 11 is 0. The van der Waals surface area contributed by atoms with Crippen LogP contribution >= 0.6 is 0 Å². The number of pyridine rings is 1. The van der Waals surface area contributed by atoms with Crippen molar-refractivity contribution >= 4 is 17.3 Å². The van der Waals surface area contributed by atoms with E-state index in [1.54, 1.807) is 0 Å². The third kappa shape index (κ3) is 2.60. The maximum Gasteiger partial charge on any atom is 0.274 e. The quantitative estimate of drug-likeness (QED) is 0.801. The second-order valence-corrected chi connectivity index (χ2v) is 3.55. The Labute approximate surface area is 101 Å². The number of benzene rings is 1. The lowest BCUT2D eigenvalue weighted by Gasteiger charge is -2.07. The van der Waals surface area contributed by atoms with Crippen molar-refractivity contribution < 1.29 is 13.6 Å². The average molecular weight is 249 g/mol. The first kappa shape index (κ1) is 12.0. The molecule has 1 aromatic carbocycles. The summed E-state index contributed by atoms with van der Waals surface area (Å²) in [4.78, 5) is 15.3. The predicted molar refractivity (Wildman–Crippen MR) is 63.0 cm³/mol. The Morgan fingerprint density at radius 3 is 2.50 bits per heavy atom. The van der Waals surface area contributed by atoms with Gasteiger partial charge >= 0.3 is 0 Å². The Kier molecular flexibility index (Phi) is 3.18. The van der Waals surface area contributed by atoms with Crippen LogP contribution in [0.25, 0.3) is 0 Å². The second kappa shape index (κ2) is 4.79. The molecule has 2 aromatic rings. The van der Waals surface area contributed by atoms with Crippen LogP contribution in [0.1, 0.15) is 10.5 Å². The number of hydrogen-bond acceptors (Lipinski definition) is 3. The molecule has 2 rings (SSSR count). The number of carbonyl (C=O) groups excluding carboxylic acids is 1. The molecule has 0 fully saturated rings. The summed E-state index contributed by atoms with van der Waals surface area (Å²) < 4.78 is 25.4. The van der Waals surface area contributed by atoms with Crippen molar-refractivity contribution in [2.75, 3.05) is 11.1 Å². The van der Waals surface area contributed by atoms with E-state index in [1.165, 1.54) is 18.2 Å². The number of anilines is 2. The summed E-state index contributed by atoms with van der Waals surface area (Å²) in [6.45, 7) is 0. The van der Waals surface area contributed by atoms with Gasteiger partial charge in [0.25, 0.3) is 5.91 Å². The van der Waals surface area contributed by atoms with E-state index in [0.29, 0.717) is 0 Å². The van der Waals surface area contributed by atoms with Gasteiger partial charge in [-0.2, -0.15) is 0 Å². The molecule has 1 aromatic heterocycles. The van der Waals surface area contributed by atoms with Gasteiger partial charge in [0.1, 0.15) is 17.3 Å². The monoisotopic (exact) mass is 249 g/mol. The second-order valence-electron chi connectivity index (χ2n) is 3.55. The maximum absolute atomic E-state index is 12.8. The SMILES string of the molecule is Nc1cc(F)ccc1NC(=O)c1ccc(F)cn1. The van der Waals surface area contributed by atoms with Gasteiger partial charge in [-0.25, -0.2) is 13.8 Å². The third-order valence-electron chi connectivity index (χ3n) is 2.22. The van der Waals surface area contributed by atoms with Gasteiger partial charge in [-0.3, -0.25) is 4.79 Å². The van der Waals surface area contributed by atoms with Crippen LogP contribution in [0.4, 0.5) is 20.2 Å². The van der Waals surface area contributed by atoms with Crippen LogP contribution < -0.4 is 11.1 Å². The lowest BCUT2D eigenvalue weighted by molar-refractivity contribution is 0.102. The number of carbonyl (C=O) groups is 1. The van der Waals surface area contributed by atoms with E-state index in [0.717, 1.165) is 18.3 Å². The molecule has 0 bridgehead atoms. The van der Waals surface area contributed by atoms with Crippen LogP contribution in [0.15, 0.2) is 36.5 Å². The van der Waals surface area contributed by atoms with E-state index in [4.69, 9.17) is 5.73 Å². The Morgan fingerprint density at radius 2 is 1.89 bits per heavy atom. The molecule has 0 spiro atoms. The summed E-state index contributed by atoms with van der Waals surface area (Å²) in [5.41, 5.74) is 5.95.